The lowest BCUT2D eigenvalue weighted by Crippen LogP contribution is -2.37. The number of methoxy groups -OCH3 is 1. The van der Waals surface area contributed by atoms with Crippen molar-refractivity contribution >= 4 is 17.3 Å². The van der Waals surface area contributed by atoms with Crippen LogP contribution in [0.15, 0.2) is 30.3 Å². The number of halogens is 1. The highest BCUT2D eigenvalue weighted by Crippen LogP contribution is 2.49. The van der Waals surface area contributed by atoms with Gasteiger partial charge in [-0.1, -0.05) is 17.7 Å². The normalized spacial score (nSPS) is 19.0. The van der Waals surface area contributed by atoms with Crippen LogP contribution in [0.1, 0.15) is 17.3 Å². The van der Waals surface area contributed by atoms with Crippen molar-refractivity contribution in [3.8, 4) is 17.2 Å². The summed E-state index contributed by atoms with van der Waals surface area (Å²) < 4.78 is 16.9. The first-order valence-electron chi connectivity index (χ1n) is 7.89. The van der Waals surface area contributed by atoms with Crippen LogP contribution in [-0.4, -0.2) is 32.4 Å². The molecule has 0 fully saturated rings. The molecule has 1 N–H and O–H groups in total. The van der Waals surface area contributed by atoms with Crippen LogP contribution in [0.3, 0.4) is 0 Å². The van der Waals surface area contributed by atoms with Crippen LogP contribution in [0.4, 0.5) is 5.69 Å². The number of nitrogens with one attached hydrogen (secondary N) is 1. The van der Waals surface area contributed by atoms with Crippen LogP contribution in [-0.2, 0) is 6.42 Å². The average Bonchev–Trinajstić information content (AvgIpc) is 3.04. The number of likely N-dealkylation sites (N-methyl/N-ethyl adjacent to an activating group) is 1. The van der Waals surface area contributed by atoms with Gasteiger partial charge in [-0.05, 0) is 43.3 Å². The van der Waals surface area contributed by atoms with Crippen LogP contribution < -0.4 is 19.5 Å². The molecule has 1 atom stereocenters. The first-order valence-corrected chi connectivity index (χ1v) is 8.27. The highest BCUT2D eigenvalue weighted by molar-refractivity contribution is 6.30. The fourth-order valence-corrected chi connectivity index (χ4v) is 3.54. The Morgan fingerprint density at radius 2 is 2.17 bits per heavy atom. The topological polar surface area (TPSA) is 43.0 Å². The summed E-state index contributed by atoms with van der Waals surface area (Å²) in [5.74, 6) is 2.19. The van der Waals surface area contributed by atoms with Gasteiger partial charge in [-0.3, -0.25) is 4.90 Å². The lowest BCUT2D eigenvalue weighted by molar-refractivity contribution is 0.170. The van der Waals surface area contributed by atoms with E-state index in [4.69, 9.17) is 25.8 Å². The monoisotopic (exact) mass is 346 g/mol. The first-order chi connectivity index (χ1) is 11.7. The van der Waals surface area contributed by atoms with Gasteiger partial charge in [-0.15, -0.1) is 0 Å². The molecule has 0 radical (unpaired) electrons. The van der Waals surface area contributed by atoms with Crippen LogP contribution >= 0.6 is 11.6 Å². The second kappa shape index (κ2) is 6.07. The van der Waals surface area contributed by atoms with Gasteiger partial charge in [-0.2, -0.15) is 0 Å². The maximum absolute atomic E-state index is 6.12. The minimum absolute atomic E-state index is 0.0309. The van der Waals surface area contributed by atoms with Gasteiger partial charge in [0.05, 0.1) is 7.11 Å². The molecule has 2 aliphatic rings. The van der Waals surface area contributed by atoms with E-state index in [0.717, 1.165) is 35.7 Å². The van der Waals surface area contributed by atoms with Crippen LogP contribution in [0.25, 0.3) is 0 Å². The highest BCUT2D eigenvalue weighted by atomic mass is 35.5. The van der Waals surface area contributed by atoms with E-state index in [-0.39, 0.29) is 13.0 Å². The SMILES string of the molecule is COc1c2c(cc3c1C(Nc1cccc(Cl)c1)N(C)CC3)OCO2. The van der Waals surface area contributed by atoms with Crippen molar-refractivity contribution in [2.75, 3.05) is 32.8 Å². The van der Waals surface area contributed by atoms with Gasteiger partial charge in [0.1, 0.15) is 6.17 Å². The molecule has 0 aromatic heterocycles. The number of hydrogen-bond acceptors (Lipinski definition) is 5. The molecule has 4 rings (SSSR count). The fraction of sp³-hybridized carbons (Fsp3) is 0.333. The zero-order chi connectivity index (χ0) is 16.7. The van der Waals surface area contributed by atoms with Crippen LogP contribution in [0, 0.1) is 0 Å². The minimum Gasteiger partial charge on any atom is -0.492 e. The summed E-state index contributed by atoms with van der Waals surface area (Å²) in [6, 6.07) is 9.80. The Labute approximate surface area is 146 Å². The van der Waals surface area contributed by atoms with Crippen molar-refractivity contribution in [3.63, 3.8) is 0 Å². The number of ether oxygens (including phenoxy) is 3. The maximum Gasteiger partial charge on any atom is 0.231 e. The molecule has 6 heteroatoms. The van der Waals surface area contributed by atoms with E-state index in [2.05, 4.69) is 23.3 Å². The Morgan fingerprint density at radius 3 is 2.96 bits per heavy atom. The number of benzene rings is 2. The van der Waals surface area contributed by atoms with Crippen molar-refractivity contribution in [2.24, 2.45) is 0 Å². The molecule has 2 aliphatic heterocycles. The summed E-state index contributed by atoms with van der Waals surface area (Å²) >= 11 is 6.12. The third kappa shape index (κ3) is 2.54. The maximum atomic E-state index is 6.12. The molecule has 126 valence electrons. The molecule has 2 aromatic rings. The van der Waals surface area contributed by atoms with E-state index < -0.39 is 0 Å². The zero-order valence-electron chi connectivity index (χ0n) is 13.6. The summed E-state index contributed by atoms with van der Waals surface area (Å²) in [5.41, 5.74) is 3.27. The molecule has 0 saturated heterocycles. The van der Waals surface area contributed by atoms with Gasteiger partial charge in [0.25, 0.3) is 0 Å². The summed E-state index contributed by atoms with van der Waals surface area (Å²) in [4.78, 5) is 2.26. The van der Waals surface area contributed by atoms with E-state index in [1.807, 2.05) is 24.3 Å². The molecule has 0 spiro atoms. The average molecular weight is 347 g/mol. The lowest BCUT2D eigenvalue weighted by atomic mass is 9.94. The first kappa shape index (κ1) is 15.4. The third-order valence-corrected chi connectivity index (χ3v) is 4.76. The highest BCUT2D eigenvalue weighted by Gasteiger charge is 2.33. The van der Waals surface area contributed by atoms with Crippen molar-refractivity contribution in [3.05, 3.63) is 46.5 Å². The Kier molecular flexibility index (Phi) is 3.90. The van der Waals surface area contributed by atoms with Gasteiger partial charge in [-0.25, -0.2) is 0 Å². The molecule has 0 saturated carbocycles. The number of rotatable bonds is 3. The molecule has 0 amide bonds. The van der Waals surface area contributed by atoms with Gasteiger partial charge < -0.3 is 19.5 Å². The Balaban J connectivity index is 1.79. The molecule has 5 nitrogen and oxygen atoms in total. The number of nitrogens with zero attached hydrogens (tertiary/aromatic N) is 1. The summed E-state index contributed by atoms with van der Waals surface area (Å²) in [6.45, 7) is 1.17. The van der Waals surface area contributed by atoms with E-state index in [9.17, 15) is 0 Å². The standard InChI is InChI=1S/C18H19ClN2O3/c1-21-7-6-11-8-14-16(24-10-23-14)17(22-2)15(11)18(21)20-13-5-3-4-12(19)9-13/h3-5,8-9,18,20H,6-7,10H2,1-2H3. The van der Waals surface area contributed by atoms with Crippen molar-refractivity contribution < 1.29 is 14.2 Å². The van der Waals surface area contributed by atoms with Gasteiger partial charge in [0, 0.05) is 22.8 Å². The molecular formula is C18H19ClN2O3. The molecule has 0 bridgehead atoms. The summed E-state index contributed by atoms with van der Waals surface area (Å²) in [7, 11) is 3.76. The molecular weight excluding hydrogens is 328 g/mol. The predicted octanol–water partition coefficient (Wildman–Crippen LogP) is 3.68. The van der Waals surface area contributed by atoms with E-state index in [1.54, 1.807) is 7.11 Å². The van der Waals surface area contributed by atoms with Crippen LogP contribution in [0.2, 0.25) is 5.02 Å². The van der Waals surface area contributed by atoms with Crippen LogP contribution in [0.5, 0.6) is 17.2 Å². The molecule has 2 heterocycles. The van der Waals surface area contributed by atoms with E-state index in [1.165, 1.54) is 5.56 Å². The van der Waals surface area contributed by atoms with E-state index in [0.29, 0.717) is 10.8 Å². The summed E-state index contributed by atoms with van der Waals surface area (Å²) in [5, 5.41) is 4.26. The van der Waals surface area contributed by atoms with Crippen molar-refractivity contribution in [2.45, 2.75) is 12.6 Å². The fourth-order valence-electron chi connectivity index (χ4n) is 3.35. The third-order valence-electron chi connectivity index (χ3n) is 4.52. The smallest absolute Gasteiger partial charge is 0.231 e. The van der Waals surface area contributed by atoms with E-state index >= 15 is 0 Å². The second-order valence-electron chi connectivity index (χ2n) is 6.00. The van der Waals surface area contributed by atoms with Gasteiger partial charge >= 0.3 is 0 Å². The molecule has 1 unspecified atom stereocenters. The summed E-state index contributed by atoms with van der Waals surface area (Å²) in [6.07, 6.45) is 0.906. The van der Waals surface area contributed by atoms with Crippen molar-refractivity contribution in [1.82, 2.24) is 4.90 Å². The Bertz CT molecular complexity index is 781. The second-order valence-corrected chi connectivity index (χ2v) is 6.44. The van der Waals surface area contributed by atoms with Gasteiger partial charge in [0.15, 0.2) is 11.5 Å². The number of anilines is 1. The predicted molar refractivity (Wildman–Crippen MR) is 93.3 cm³/mol. The lowest BCUT2D eigenvalue weighted by Gasteiger charge is -2.36. The largest absolute Gasteiger partial charge is 0.492 e. The molecule has 2 aromatic carbocycles. The molecule has 0 aliphatic carbocycles. The zero-order valence-corrected chi connectivity index (χ0v) is 14.4. The van der Waals surface area contributed by atoms with Crippen molar-refractivity contribution in [1.29, 1.82) is 0 Å². The Hall–Kier alpha value is -2.11. The Morgan fingerprint density at radius 1 is 1.29 bits per heavy atom. The van der Waals surface area contributed by atoms with Gasteiger partial charge in [0.2, 0.25) is 12.5 Å². The molecule has 24 heavy (non-hydrogen) atoms. The minimum atomic E-state index is -0.0309. The quantitative estimate of drug-likeness (QED) is 0.918. The number of fused-ring (bicyclic) bond motifs is 2. The number of hydrogen-bond donors (Lipinski definition) is 1.